The molecule has 0 aliphatic carbocycles. The van der Waals surface area contributed by atoms with E-state index in [1.807, 2.05) is 0 Å². The van der Waals surface area contributed by atoms with E-state index in [1.54, 1.807) is 0 Å². The van der Waals surface area contributed by atoms with Crippen LogP contribution < -0.4 is 5.32 Å². The molecule has 3 rings (SSSR count). The van der Waals surface area contributed by atoms with Crippen LogP contribution in [0.1, 0.15) is 44.7 Å². The van der Waals surface area contributed by atoms with Gasteiger partial charge in [0.2, 0.25) is 0 Å². The molecule has 1 aliphatic heterocycles. The third-order valence-electron chi connectivity index (χ3n) is 6.90. The molecule has 2 aromatic carbocycles. The van der Waals surface area contributed by atoms with Crippen LogP contribution in [0.15, 0.2) is 60.7 Å². The summed E-state index contributed by atoms with van der Waals surface area (Å²) in [7, 11) is -1.79. The first-order chi connectivity index (χ1) is 11.8. The van der Waals surface area contributed by atoms with E-state index in [1.165, 1.54) is 24.0 Å². The van der Waals surface area contributed by atoms with Crippen molar-refractivity contribution in [1.82, 2.24) is 5.32 Å². The number of rotatable bonds is 4. The van der Waals surface area contributed by atoms with Crippen LogP contribution in [-0.4, -0.2) is 20.7 Å². The van der Waals surface area contributed by atoms with Crippen molar-refractivity contribution in [2.75, 3.05) is 6.54 Å². The summed E-state index contributed by atoms with van der Waals surface area (Å²) in [6.45, 7) is 13.7. The van der Waals surface area contributed by atoms with Crippen molar-refractivity contribution in [3.63, 3.8) is 0 Å². The molecule has 0 saturated carbocycles. The number of hydrogen-bond donors (Lipinski definition) is 1. The molecule has 0 aromatic heterocycles. The molecule has 2 heteroatoms. The topological polar surface area (TPSA) is 12.0 Å². The lowest BCUT2D eigenvalue weighted by Crippen LogP contribution is -2.65. The summed E-state index contributed by atoms with van der Waals surface area (Å²) in [5, 5.41) is 4.28. The van der Waals surface area contributed by atoms with Crippen LogP contribution in [0.2, 0.25) is 18.1 Å². The lowest BCUT2D eigenvalue weighted by molar-refractivity contribution is 0.456. The monoisotopic (exact) mass is 351 g/mol. The van der Waals surface area contributed by atoms with Gasteiger partial charge < -0.3 is 5.32 Å². The van der Waals surface area contributed by atoms with Gasteiger partial charge in [-0.05, 0) is 35.6 Å². The van der Waals surface area contributed by atoms with E-state index in [0.29, 0.717) is 11.1 Å². The van der Waals surface area contributed by atoms with Crippen LogP contribution in [0.25, 0.3) is 0 Å². The Hall–Kier alpha value is -1.38. The highest BCUT2D eigenvalue weighted by molar-refractivity contribution is 6.83. The third kappa shape index (κ3) is 2.90. The van der Waals surface area contributed by atoms with Crippen molar-refractivity contribution < 1.29 is 0 Å². The van der Waals surface area contributed by atoms with Crippen molar-refractivity contribution in [2.24, 2.45) is 0 Å². The Labute approximate surface area is 154 Å². The summed E-state index contributed by atoms with van der Waals surface area (Å²) in [4.78, 5) is 0. The van der Waals surface area contributed by atoms with Gasteiger partial charge in [-0.2, -0.15) is 0 Å². The highest BCUT2D eigenvalue weighted by atomic mass is 28.3. The number of hydrogen-bond acceptors (Lipinski definition) is 1. The number of benzene rings is 2. The summed E-state index contributed by atoms with van der Waals surface area (Å²) in [5.41, 5.74) is 2.99. The minimum Gasteiger partial charge on any atom is -0.313 e. The van der Waals surface area contributed by atoms with E-state index in [2.05, 4.69) is 99.8 Å². The van der Waals surface area contributed by atoms with Gasteiger partial charge in [0.15, 0.2) is 0 Å². The van der Waals surface area contributed by atoms with Crippen molar-refractivity contribution in [3.05, 3.63) is 71.8 Å². The van der Waals surface area contributed by atoms with Crippen molar-refractivity contribution >= 4 is 8.07 Å². The zero-order valence-corrected chi connectivity index (χ0v) is 17.5. The summed E-state index contributed by atoms with van der Waals surface area (Å²) in [6, 6.07) is 23.1. The van der Waals surface area contributed by atoms with Crippen LogP contribution in [0.4, 0.5) is 0 Å². The molecule has 1 saturated heterocycles. The summed E-state index contributed by atoms with van der Waals surface area (Å²) in [6.07, 6.45) is 2.54. The summed E-state index contributed by atoms with van der Waals surface area (Å²) < 4.78 is 0. The molecule has 25 heavy (non-hydrogen) atoms. The summed E-state index contributed by atoms with van der Waals surface area (Å²) >= 11 is 0. The van der Waals surface area contributed by atoms with E-state index in [9.17, 15) is 0 Å². The maximum atomic E-state index is 3.91. The fourth-order valence-electron chi connectivity index (χ4n) is 4.77. The molecule has 1 atom stereocenters. The lowest BCUT2D eigenvalue weighted by atomic mass is 9.82. The minimum absolute atomic E-state index is 0.0737. The van der Waals surface area contributed by atoms with Crippen LogP contribution in [0.3, 0.4) is 0 Å². The fourth-order valence-corrected chi connectivity index (χ4v) is 8.85. The highest BCUT2D eigenvalue weighted by Gasteiger charge is 2.58. The molecular weight excluding hydrogens is 318 g/mol. The average Bonchev–Trinajstić information content (AvgIpc) is 3.11. The van der Waals surface area contributed by atoms with Gasteiger partial charge in [0, 0.05) is 11.1 Å². The van der Waals surface area contributed by atoms with E-state index in [0.717, 1.165) is 6.54 Å². The minimum atomic E-state index is -1.79. The van der Waals surface area contributed by atoms with Crippen LogP contribution >= 0.6 is 0 Å². The number of nitrogens with one attached hydrogen (secondary N) is 1. The molecule has 0 radical (unpaired) electrons. The molecule has 134 valence electrons. The maximum Gasteiger partial charge on any atom is 0.0716 e. The molecule has 1 aliphatic rings. The predicted molar refractivity (Wildman–Crippen MR) is 112 cm³/mol. The molecule has 1 N–H and O–H groups in total. The largest absolute Gasteiger partial charge is 0.313 e. The Kier molecular flexibility index (Phi) is 4.96. The Morgan fingerprint density at radius 1 is 0.840 bits per heavy atom. The first-order valence-electron chi connectivity index (χ1n) is 9.66. The van der Waals surface area contributed by atoms with E-state index in [-0.39, 0.29) is 5.04 Å². The predicted octanol–water partition coefficient (Wildman–Crippen LogP) is 5.77. The zero-order chi connectivity index (χ0) is 18.1. The molecular formula is C23H33NSi. The third-order valence-corrected chi connectivity index (χ3v) is 13.5. The van der Waals surface area contributed by atoms with Gasteiger partial charge in [-0.25, -0.2) is 0 Å². The van der Waals surface area contributed by atoms with E-state index < -0.39 is 8.07 Å². The molecule has 0 bridgehead atoms. The molecule has 0 amide bonds. The first kappa shape index (κ1) is 18.4. The Bertz CT molecular complexity index is 640. The van der Waals surface area contributed by atoms with E-state index >= 15 is 0 Å². The second-order valence-electron chi connectivity index (χ2n) is 9.06. The summed E-state index contributed by atoms with van der Waals surface area (Å²) in [5.74, 6) is 0. The normalized spacial score (nSPS) is 19.2. The standard InChI is InChI=1S/C23H33NSi/c1-22(2,3)25(4,5)23(21-17-12-18-24-21,19-13-8-6-9-14-19)20-15-10-7-11-16-20/h6-11,13-16,21,24H,12,17-18H2,1-5H3/t21-/m0/s1. The fraction of sp³-hybridized carbons (Fsp3) is 0.478. The first-order valence-corrected chi connectivity index (χ1v) is 12.7. The van der Waals surface area contributed by atoms with Gasteiger partial charge in [-0.3, -0.25) is 0 Å². The quantitative estimate of drug-likeness (QED) is 0.689. The second-order valence-corrected chi connectivity index (χ2v) is 14.6. The molecule has 0 spiro atoms. The Morgan fingerprint density at radius 2 is 1.32 bits per heavy atom. The Morgan fingerprint density at radius 3 is 1.68 bits per heavy atom. The van der Waals surface area contributed by atoms with Gasteiger partial charge in [-0.1, -0.05) is 94.5 Å². The van der Waals surface area contributed by atoms with Crippen molar-refractivity contribution in [1.29, 1.82) is 0 Å². The van der Waals surface area contributed by atoms with Gasteiger partial charge in [-0.15, -0.1) is 0 Å². The molecule has 1 heterocycles. The molecule has 0 unspecified atom stereocenters. The van der Waals surface area contributed by atoms with Crippen LogP contribution in [-0.2, 0) is 5.04 Å². The molecule has 2 aromatic rings. The highest BCUT2D eigenvalue weighted by Crippen LogP contribution is 2.54. The zero-order valence-electron chi connectivity index (χ0n) is 16.5. The maximum absolute atomic E-state index is 3.91. The van der Waals surface area contributed by atoms with Crippen molar-refractivity contribution in [2.45, 2.75) is 62.8 Å². The SMILES string of the molecule is CC(C)(C)[Si](C)(C)C(c1ccccc1)(c1ccccc1)[C@@H]1CCCN1. The van der Waals surface area contributed by atoms with Gasteiger partial charge >= 0.3 is 0 Å². The van der Waals surface area contributed by atoms with Gasteiger partial charge in [0.05, 0.1) is 8.07 Å². The smallest absolute Gasteiger partial charge is 0.0716 e. The van der Waals surface area contributed by atoms with Crippen molar-refractivity contribution in [3.8, 4) is 0 Å². The molecule has 1 fully saturated rings. The van der Waals surface area contributed by atoms with Crippen LogP contribution in [0.5, 0.6) is 0 Å². The average molecular weight is 352 g/mol. The Balaban J connectivity index is 2.36. The van der Waals surface area contributed by atoms with E-state index in [4.69, 9.17) is 0 Å². The van der Waals surface area contributed by atoms with Gasteiger partial charge in [0.1, 0.15) is 0 Å². The van der Waals surface area contributed by atoms with Crippen LogP contribution in [0, 0.1) is 0 Å². The van der Waals surface area contributed by atoms with Gasteiger partial charge in [0.25, 0.3) is 0 Å². The lowest BCUT2D eigenvalue weighted by Gasteiger charge is -2.56. The molecule has 1 nitrogen and oxygen atoms in total. The second kappa shape index (κ2) is 6.73.